The van der Waals surface area contributed by atoms with Crippen molar-refractivity contribution in [1.29, 1.82) is 0 Å². The molecule has 5 rings (SSSR count). The zero-order valence-electron chi connectivity index (χ0n) is 19.8. The summed E-state index contributed by atoms with van der Waals surface area (Å²) in [4.78, 5) is 8.58. The molecule has 0 saturated carbocycles. The normalized spacial score (nSPS) is 11.5. The number of hydrogen-bond donors (Lipinski definition) is 2. The van der Waals surface area contributed by atoms with Crippen LogP contribution in [0, 0.1) is 26.6 Å². The first-order valence-corrected chi connectivity index (χ1v) is 12.4. The van der Waals surface area contributed by atoms with E-state index in [1.54, 1.807) is 29.8 Å². The van der Waals surface area contributed by atoms with Gasteiger partial charge in [0.25, 0.3) is 10.0 Å². The Balaban J connectivity index is 1.34. The molecule has 0 saturated heterocycles. The first kappa shape index (κ1) is 24.0. The lowest BCUT2D eigenvalue weighted by Crippen LogP contribution is -2.13. The Morgan fingerprint density at radius 3 is 2.46 bits per heavy atom. The summed E-state index contributed by atoms with van der Waals surface area (Å²) in [5.74, 6) is 1.07. The second kappa shape index (κ2) is 9.39. The molecule has 0 atom stereocenters. The zero-order chi connectivity index (χ0) is 26.2. The number of ether oxygens (including phenoxy) is 1. The number of H-pyrrole nitrogens is 1. The Morgan fingerprint density at radius 1 is 1.00 bits per heavy atom. The van der Waals surface area contributed by atoms with Crippen LogP contribution in [-0.4, -0.2) is 48.8 Å². The van der Waals surface area contributed by atoms with Crippen molar-refractivity contribution in [3.63, 3.8) is 0 Å². The molecule has 12 nitrogen and oxygen atoms in total. The van der Waals surface area contributed by atoms with Gasteiger partial charge in [-0.25, -0.2) is 22.5 Å². The molecule has 0 amide bonds. The van der Waals surface area contributed by atoms with E-state index in [1.807, 2.05) is 19.9 Å². The Bertz CT molecular complexity index is 1690. The van der Waals surface area contributed by atoms with Crippen LogP contribution in [0.25, 0.3) is 17.2 Å². The number of tetrazole rings is 1. The summed E-state index contributed by atoms with van der Waals surface area (Å²) in [6.45, 7) is 5.57. The highest BCUT2D eigenvalue weighted by molar-refractivity contribution is 7.92. The highest BCUT2D eigenvalue weighted by atomic mass is 32.2. The Hall–Kier alpha value is -4.72. The van der Waals surface area contributed by atoms with E-state index in [0.717, 1.165) is 29.6 Å². The van der Waals surface area contributed by atoms with Gasteiger partial charge in [0.05, 0.1) is 16.2 Å². The fraction of sp³-hybridized carbons (Fsp3) is 0.130. The fourth-order valence-corrected chi connectivity index (χ4v) is 4.68. The average Bonchev–Trinajstić information content (AvgIpc) is 3.49. The van der Waals surface area contributed by atoms with Crippen molar-refractivity contribution in [2.75, 3.05) is 4.72 Å². The summed E-state index contributed by atoms with van der Waals surface area (Å²) in [5.41, 5.74) is 1.96. The quantitative estimate of drug-likeness (QED) is 0.327. The molecule has 0 bridgehead atoms. The number of aromatic nitrogens is 8. The molecular weight excluding hydrogens is 501 g/mol. The molecule has 5 aromatic rings. The number of aryl methyl sites for hydroxylation is 3. The summed E-state index contributed by atoms with van der Waals surface area (Å²) < 4.78 is 50.0. The molecule has 0 radical (unpaired) electrons. The van der Waals surface area contributed by atoms with E-state index in [-0.39, 0.29) is 22.0 Å². The SMILES string of the molecule is Cc1cc(C)n(-c2cc(Oc3ccc(NS(=O)(=O)c4ccc(F)c(-c5nn[nH]n5)c4)cc3)nc(C)n2)n1. The number of nitrogens with one attached hydrogen (secondary N) is 2. The van der Waals surface area contributed by atoms with Gasteiger partial charge in [0.2, 0.25) is 11.7 Å². The third-order valence-corrected chi connectivity index (χ3v) is 6.57. The van der Waals surface area contributed by atoms with Gasteiger partial charge in [0.15, 0.2) is 5.82 Å². The van der Waals surface area contributed by atoms with Gasteiger partial charge in [-0.05, 0) is 74.5 Å². The monoisotopic (exact) mass is 521 g/mol. The number of hydrogen-bond acceptors (Lipinski definition) is 9. The Kier molecular flexibility index (Phi) is 6.09. The van der Waals surface area contributed by atoms with Gasteiger partial charge in [-0.1, -0.05) is 0 Å². The topological polar surface area (TPSA) is 153 Å². The number of rotatable bonds is 7. The number of benzene rings is 2. The first-order valence-electron chi connectivity index (χ1n) is 10.9. The maximum Gasteiger partial charge on any atom is 0.261 e. The molecule has 14 heteroatoms. The molecule has 37 heavy (non-hydrogen) atoms. The van der Waals surface area contributed by atoms with Gasteiger partial charge in [0, 0.05) is 17.4 Å². The van der Waals surface area contributed by atoms with Gasteiger partial charge in [0.1, 0.15) is 17.4 Å². The van der Waals surface area contributed by atoms with E-state index in [2.05, 4.69) is 40.4 Å². The van der Waals surface area contributed by atoms with Crippen LogP contribution in [0.2, 0.25) is 0 Å². The van der Waals surface area contributed by atoms with Gasteiger partial charge in [-0.3, -0.25) is 4.72 Å². The third-order valence-electron chi connectivity index (χ3n) is 5.19. The molecule has 0 spiro atoms. The van der Waals surface area contributed by atoms with Crippen LogP contribution in [0.5, 0.6) is 11.6 Å². The van der Waals surface area contributed by atoms with E-state index < -0.39 is 15.8 Å². The number of sulfonamides is 1. The lowest BCUT2D eigenvalue weighted by Gasteiger charge is -2.11. The lowest BCUT2D eigenvalue weighted by atomic mass is 10.2. The first-order chi connectivity index (χ1) is 17.7. The molecule has 3 heterocycles. The largest absolute Gasteiger partial charge is 0.439 e. The van der Waals surface area contributed by atoms with Crippen molar-refractivity contribution >= 4 is 15.7 Å². The molecule has 3 aromatic heterocycles. The molecule has 0 fully saturated rings. The lowest BCUT2D eigenvalue weighted by molar-refractivity contribution is 0.459. The Labute approximate surface area is 210 Å². The second-order valence-electron chi connectivity index (χ2n) is 8.06. The number of aromatic amines is 1. The number of halogens is 1. The summed E-state index contributed by atoms with van der Waals surface area (Å²) >= 11 is 0. The molecule has 2 N–H and O–H groups in total. The smallest absolute Gasteiger partial charge is 0.261 e. The van der Waals surface area contributed by atoms with E-state index >= 15 is 0 Å². The summed E-state index contributed by atoms with van der Waals surface area (Å²) in [5, 5.41) is 17.4. The van der Waals surface area contributed by atoms with Crippen molar-refractivity contribution in [3.05, 3.63) is 77.6 Å². The molecule has 2 aromatic carbocycles. The maximum absolute atomic E-state index is 14.2. The summed E-state index contributed by atoms with van der Waals surface area (Å²) in [6, 6.07) is 13.2. The van der Waals surface area contributed by atoms with Crippen LogP contribution in [0.1, 0.15) is 17.2 Å². The molecule has 0 aliphatic heterocycles. The predicted octanol–water partition coefficient (Wildman–Crippen LogP) is 3.50. The van der Waals surface area contributed by atoms with Crippen LogP contribution >= 0.6 is 0 Å². The van der Waals surface area contributed by atoms with Crippen molar-refractivity contribution in [2.24, 2.45) is 0 Å². The molecule has 0 unspecified atom stereocenters. The van der Waals surface area contributed by atoms with E-state index in [4.69, 9.17) is 4.74 Å². The predicted molar refractivity (Wildman–Crippen MR) is 130 cm³/mol. The molecule has 0 aliphatic rings. The molecule has 188 valence electrons. The summed E-state index contributed by atoms with van der Waals surface area (Å²) in [7, 11) is -4.03. The van der Waals surface area contributed by atoms with Gasteiger partial charge in [-0.2, -0.15) is 15.3 Å². The summed E-state index contributed by atoms with van der Waals surface area (Å²) in [6.07, 6.45) is 0. The highest BCUT2D eigenvalue weighted by Crippen LogP contribution is 2.26. The van der Waals surface area contributed by atoms with Crippen LogP contribution in [0.4, 0.5) is 10.1 Å². The van der Waals surface area contributed by atoms with Crippen LogP contribution in [-0.2, 0) is 10.0 Å². The highest BCUT2D eigenvalue weighted by Gasteiger charge is 2.19. The van der Waals surface area contributed by atoms with Gasteiger partial charge >= 0.3 is 0 Å². The third kappa shape index (κ3) is 5.13. The van der Waals surface area contributed by atoms with Crippen molar-refractivity contribution in [3.8, 4) is 28.8 Å². The maximum atomic E-state index is 14.2. The number of anilines is 1. The van der Waals surface area contributed by atoms with Crippen molar-refractivity contribution in [1.82, 2.24) is 40.4 Å². The fourth-order valence-electron chi connectivity index (χ4n) is 3.59. The second-order valence-corrected chi connectivity index (χ2v) is 9.74. The number of nitrogens with zero attached hydrogens (tertiary/aromatic N) is 7. The van der Waals surface area contributed by atoms with Crippen molar-refractivity contribution < 1.29 is 17.5 Å². The van der Waals surface area contributed by atoms with Crippen LogP contribution in [0.15, 0.2) is 59.5 Å². The molecular formula is C23H20FN9O3S. The standard InChI is InChI=1S/C23H20FN9O3S/c1-13-10-14(2)33(29-13)21-12-22(26-15(3)25-21)36-17-6-4-16(5-7-17)30-37(34,35)18-8-9-20(24)19(11-18)23-27-31-32-28-23/h4-12,30H,1-3H3,(H,27,28,31,32). The average molecular weight is 522 g/mol. The van der Waals surface area contributed by atoms with E-state index in [1.165, 1.54) is 12.1 Å². The zero-order valence-corrected chi connectivity index (χ0v) is 20.7. The minimum atomic E-state index is -4.03. The molecule has 0 aliphatic carbocycles. The minimum Gasteiger partial charge on any atom is -0.439 e. The minimum absolute atomic E-state index is 0.0583. The van der Waals surface area contributed by atoms with Crippen LogP contribution < -0.4 is 9.46 Å². The van der Waals surface area contributed by atoms with Gasteiger partial charge in [-0.15, -0.1) is 10.2 Å². The van der Waals surface area contributed by atoms with Crippen molar-refractivity contribution in [2.45, 2.75) is 25.7 Å². The van der Waals surface area contributed by atoms with Crippen LogP contribution in [0.3, 0.4) is 0 Å². The van der Waals surface area contributed by atoms with Gasteiger partial charge < -0.3 is 4.74 Å². The Morgan fingerprint density at radius 2 is 1.78 bits per heavy atom. The van der Waals surface area contributed by atoms with E-state index in [9.17, 15) is 12.8 Å². The van der Waals surface area contributed by atoms with E-state index in [0.29, 0.717) is 23.3 Å².